The molecule has 0 bridgehead atoms. The van der Waals surface area contributed by atoms with Crippen LogP contribution in [0.25, 0.3) is 0 Å². The molecule has 2 N–H and O–H groups in total. The molecule has 0 saturated carbocycles. The van der Waals surface area contributed by atoms with E-state index in [0.717, 1.165) is 17.9 Å². The quantitative estimate of drug-likeness (QED) is 0.843. The number of hydrogen-bond donors (Lipinski definition) is 2. The molecule has 1 aliphatic rings. The Bertz CT molecular complexity index is 516. The highest BCUT2D eigenvalue weighted by Gasteiger charge is 2.31. The Kier molecular flexibility index (Phi) is 5.63. The van der Waals surface area contributed by atoms with E-state index >= 15 is 0 Å². The first-order chi connectivity index (χ1) is 10.6. The Morgan fingerprint density at radius 3 is 2.68 bits per heavy atom. The Balaban J connectivity index is 1.93. The summed E-state index contributed by atoms with van der Waals surface area (Å²) < 4.78 is 5.39. The third-order valence-corrected chi connectivity index (χ3v) is 3.46. The predicted molar refractivity (Wildman–Crippen MR) is 85.2 cm³/mol. The van der Waals surface area contributed by atoms with E-state index in [2.05, 4.69) is 10.6 Å². The number of urea groups is 1. The van der Waals surface area contributed by atoms with Crippen molar-refractivity contribution in [2.75, 3.05) is 24.6 Å². The summed E-state index contributed by atoms with van der Waals surface area (Å²) in [6, 6.07) is 7.05. The number of nitrogens with zero attached hydrogens (tertiary/aromatic N) is 1. The second-order valence-electron chi connectivity index (χ2n) is 5.23. The third kappa shape index (κ3) is 4.13. The molecule has 2 rings (SSSR count). The van der Waals surface area contributed by atoms with Crippen LogP contribution in [0.4, 0.5) is 10.5 Å². The molecular formula is C16H23N3O3. The first-order valence-electron chi connectivity index (χ1n) is 7.71. The minimum absolute atomic E-state index is 0.0185. The highest BCUT2D eigenvalue weighted by atomic mass is 16.5. The van der Waals surface area contributed by atoms with Crippen molar-refractivity contribution in [2.45, 2.75) is 32.7 Å². The highest BCUT2D eigenvalue weighted by Crippen LogP contribution is 2.24. The van der Waals surface area contributed by atoms with E-state index in [4.69, 9.17) is 4.74 Å². The van der Waals surface area contributed by atoms with Crippen LogP contribution >= 0.6 is 0 Å². The van der Waals surface area contributed by atoms with E-state index in [9.17, 15) is 9.59 Å². The first kappa shape index (κ1) is 16.1. The molecule has 0 radical (unpaired) electrons. The van der Waals surface area contributed by atoms with Gasteiger partial charge in [-0.1, -0.05) is 6.92 Å². The summed E-state index contributed by atoms with van der Waals surface area (Å²) in [6.45, 7) is 5.66. The highest BCUT2D eigenvalue weighted by molar-refractivity contribution is 5.96. The SMILES string of the molecule is CCCNC(=O)N[C@H]1CC(=O)N(c2ccc(OCC)cc2)C1. The fourth-order valence-corrected chi connectivity index (χ4v) is 2.42. The van der Waals surface area contributed by atoms with Crippen LogP contribution in [0.1, 0.15) is 26.7 Å². The maximum Gasteiger partial charge on any atom is 0.315 e. The summed E-state index contributed by atoms with van der Waals surface area (Å²) in [4.78, 5) is 25.5. The molecular weight excluding hydrogens is 282 g/mol. The van der Waals surface area contributed by atoms with Gasteiger partial charge in [0.25, 0.3) is 0 Å². The molecule has 0 unspecified atom stereocenters. The molecule has 0 aromatic heterocycles. The van der Waals surface area contributed by atoms with E-state index in [1.807, 2.05) is 38.1 Å². The second-order valence-corrected chi connectivity index (χ2v) is 5.23. The lowest BCUT2D eigenvalue weighted by Crippen LogP contribution is -2.43. The van der Waals surface area contributed by atoms with Gasteiger partial charge in [-0.3, -0.25) is 4.79 Å². The molecule has 3 amide bonds. The summed E-state index contributed by atoms with van der Waals surface area (Å²) in [5.41, 5.74) is 0.826. The minimum atomic E-state index is -0.215. The molecule has 1 aliphatic heterocycles. The molecule has 0 aliphatic carbocycles. The van der Waals surface area contributed by atoms with Gasteiger partial charge >= 0.3 is 6.03 Å². The van der Waals surface area contributed by atoms with Crippen molar-refractivity contribution in [1.82, 2.24) is 10.6 Å². The number of rotatable bonds is 6. The first-order valence-corrected chi connectivity index (χ1v) is 7.71. The zero-order valence-electron chi connectivity index (χ0n) is 13.1. The summed E-state index contributed by atoms with van der Waals surface area (Å²) in [5, 5.41) is 5.59. The van der Waals surface area contributed by atoms with Crippen molar-refractivity contribution in [2.24, 2.45) is 0 Å². The van der Waals surface area contributed by atoms with Gasteiger partial charge in [-0.2, -0.15) is 0 Å². The Hall–Kier alpha value is -2.24. The van der Waals surface area contributed by atoms with Gasteiger partial charge in [-0.25, -0.2) is 4.79 Å². The van der Waals surface area contributed by atoms with Crippen LogP contribution in [-0.2, 0) is 4.79 Å². The largest absolute Gasteiger partial charge is 0.494 e. The van der Waals surface area contributed by atoms with Gasteiger partial charge in [0, 0.05) is 25.2 Å². The molecule has 120 valence electrons. The van der Waals surface area contributed by atoms with E-state index in [1.165, 1.54) is 0 Å². The topological polar surface area (TPSA) is 70.7 Å². The fourth-order valence-electron chi connectivity index (χ4n) is 2.42. The van der Waals surface area contributed by atoms with Crippen LogP contribution < -0.4 is 20.3 Å². The smallest absolute Gasteiger partial charge is 0.315 e. The van der Waals surface area contributed by atoms with Crippen molar-refractivity contribution in [3.63, 3.8) is 0 Å². The summed E-state index contributed by atoms with van der Waals surface area (Å²) in [5.74, 6) is 0.802. The number of ether oxygens (including phenoxy) is 1. The predicted octanol–water partition coefficient (Wildman–Crippen LogP) is 1.90. The van der Waals surface area contributed by atoms with Crippen molar-refractivity contribution < 1.29 is 14.3 Å². The van der Waals surface area contributed by atoms with E-state index in [0.29, 0.717) is 26.1 Å². The maximum absolute atomic E-state index is 12.1. The molecule has 6 heteroatoms. The lowest BCUT2D eigenvalue weighted by atomic mass is 10.2. The van der Waals surface area contributed by atoms with Crippen LogP contribution in [0.3, 0.4) is 0 Å². The van der Waals surface area contributed by atoms with Crippen molar-refractivity contribution in [3.8, 4) is 5.75 Å². The van der Waals surface area contributed by atoms with Crippen molar-refractivity contribution in [1.29, 1.82) is 0 Å². The van der Waals surface area contributed by atoms with Crippen LogP contribution in [0.15, 0.2) is 24.3 Å². The Morgan fingerprint density at radius 1 is 1.32 bits per heavy atom. The van der Waals surface area contributed by atoms with Gasteiger partial charge in [0.15, 0.2) is 0 Å². The van der Waals surface area contributed by atoms with Crippen molar-refractivity contribution in [3.05, 3.63) is 24.3 Å². The zero-order valence-corrected chi connectivity index (χ0v) is 13.1. The molecule has 0 spiro atoms. The van der Waals surface area contributed by atoms with Crippen LogP contribution in [0.5, 0.6) is 5.75 Å². The van der Waals surface area contributed by atoms with Gasteiger partial charge in [0.05, 0.1) is 12.6 Å². The van der Waals surface area contributed by atoms with Gasteiger partial charge in [-0.15, -0.1) is 0 Å². The van der Waals surface area contributed by atoms with E-state index in [-0.39, 0.29) is 18.0 Å². The minimum Gasteiger partial charge on any atom is -0.494 e. The van der Waals surface area contributed by atoms with Gasteiger partial charge in [-0.05, 0) is 37.6 Å². The van der Waals surface area contributed by atoms with E-state index < -0.39 is 0 Å². The number of anilines is 1. The van der Waals surface area contributed by atoms with Gasteiger partial charge in [0.1, 0.15) is 5.75 Å². The molecule has 22 heavy (non-hydrogen) atoms. The number of amides is 3. The third-order valence-electron chi connectivity index (χ3n) is 3.46. The zero-order chi connectivity index (χ0) is 15.9. The lowest BCUT2D eigenvalue weighted by molar-refractivity contribution is -0.117. The number of carbonyl (C=O) groups is 2. The molecule has 1 aromatic carbocycles. The molecule has 1 saturated heterocycles. The average molecular weight is 305 g/mol. The number of nitrogens with one attached hydrogen (secondary N) is 2. The lowest BCUT2D eigenvalue weighted by Gasteiger charge is -2.18. The average Bonchev–Trinajstić information content (AvgIpc) is 2.87. The monoisotopic (exact) mass is 305 g/mol. The molecule has 6 nitrogen and oxygen atoms in total. The summed E-state index contributed by atoms with van der Waals surface area (Å²) in [6.07, 6.45) is 1.21. The van der Waals surface area contributed by atoms with Gasteiger partial charge < -0.3 is 20.3 Å². The number of carbonyl (C=O) groups excluding carboxylic acids is 2. The van der Waals surface area contributed by atoms with Crippen LogP contribution in [0.2, 0.25) is 0 Å². The van der Waals surface area contributed by atoms with Crippen molar-refractivity contribution >= 4 is 17.6 Å². The number of hydrogen-bond acceptors (Lipinski definition) is 3. The molecule has 1 aromatic rings. The summed E-state index contributed by atoms with van der Waals surface area (Å²) in [7, 11) is 0. The Morgan fingerprint density at radius 2 is 2.05 bits per heavy atom. The molecule has 1 heterocycles. The second kappa shape index (κ2) is 7.68. The van der Waals surface area contributed by atoms with E-state index in [1.54, 1.807) is 4.90 Å². The van der Waals surface area contributed by atoms with Gasteiger partial charge in [0.2, 0.25) is 5.91 Å². The normalized spacial score (nSPS) is 17.5. The standard InChI is InChI=1S/C16H23N3O3/c1-3-9-17-16(21)18-12-10-15(20)19(11-12)13-5-7-14(8-6-13)22-4-2/h5-8,12H,3-4,9-11H2,1-2H3,(H2,17,18,21)/t12-/m0/s1. The molecule has 1 atom stereocenters. The summed E-state index contributed by atoms with van der Waals surface area (Å²) >= 11 is 0. The van der Waals surface area contributed by atoms with Crippen LogP contribution in [-0.4, -0.2) is 37.7 Å². The fraction of sp³-hybridized carbons (Fsp3) is 0.500. The molecule has 1 fully saturated rings. The number of benzene rings is 1. The van der Waals surface area contributed by atoms with Crippen LogP contribution in [0, 0.1) is 0 Å². The Labute approximate surface area is 130 Å². The maximum atomic E-state index is 12.1.